The van der Waals surface area contributed by atoms with Gasteiger partial charge in [-0.3, -0.25) is 0 Å². The van der Waals surface area contributed by atoms with Crippen molar-refractivity contribution in [3.8, 4) is 0 Å². The van der Waals surface area contributed by atoms with Crippen LogP contribution in [0.3, 0.4) is 0 Å². The van der Waals surface area contributed by atoms with E-state index in [0.717, 1.165) is 25.2 Å². The molecule has 1 rings (SSSR count). The maximum absolute atomic E-state index is 10.8. The summed E-state index contributed by atoms with van der Waals surface area (Å²) in [4.78, 5) is 0. The van der Waals surface area contributed by atoms with Crippen molar-refractivity contribution in [3.63, 3.8) is 0 Å². The summed E-state index contributed by atoms with van der Waals surface area (Å²) >= 11 is 0. The monoisotopic (exact) mass is 240 g/mol. The molecule has 2 atom stereocenters. The second-order valence-electron chi connectivity index (χ2n) is 7.68. The van der Waals surface area contributed by atoms with Gasteiger partial charge in [0.1, 0.15) is 0 Å². The molecular formula is C16H32O. The zero-order valence-electron chi connectivity index (χ0n) is 12.6. The molecule has 1 saturated carbocycles. The van der Waals surface area contributed by atoms with E-state index in [2.05, 4.69) is 34.6 Å². The van der Waals surface area contributed by atoms with Crippen LogP contribution in [-0.4, -0.2) is 10.7 Å². The molecule has 17 heavy (non-hydrogen) atoms. The van der Waals surface area contributed by atoms with Gasteiger partial charge in [-0.1, -0.05) is 41.0 Å². The minimum absolute atomic E-state index is 0.373. The largest absolute Gasteiger partial charge is 0.390 e. The smallest absolute Gasteiger partial charge is 0.0650 e. The summed E-state index contributed by atoms with van der Waals surface area (Å²) in [5.41, 5.74) is 0.0633. The van der Waals surface area contributed by atoms with E-state index in [1.807, 2.05) is 0 Å². The first-order valence-electron chi connectivity index (χ1n) is 7.45. The fourth-order valence-corrected chi connectivity index (χ4v) is 3.46. The topological polar surface area (TPSA) is 20.2 Å². The number of hydrogen-bond donors (Lipinski definition) is 1. The summed E-state index contributed by atoms with van der Waals surface area (Å²) in [6, 6.07) is 0. The van der Waals surface area contributed by atoms with Crippen molar-refractivity contribution >= 4 is 0 Å². The zero-order chi connectivity index (χ0) is 13.1. The molecule has 1 aliphatic carbocycles. The molecule has 0 bridgehead atoms. The molecule has 102 valence electrons. The van der Waals surface area contributed by atoms with Crippen molar-refractivity contribution in [1.29, 1.82) is 0 Å². The minimum Gasteiger partial charge on any atom is -0.390 e. The summed E-state index contributed by atoms with van der Waals surface area (Å²) < 4.78 is 0. The summed E-state index contributed by atoms with van der Waals surface area (Å²) in [6.07, 6.45) is 7.90. The second kappa shape index (κ2) is 5.73. The molecule has 1 nitrogen and oxygen atoms in total. The lowest BCUT2D eigenvalue weighted by atomic mass is 9.80. The standard InChI is InChI=1S/C16H32O/c1-13(2)11-14(3)12-16(17)8-6-7-15(4,5)9-10-16/h13-14,17H,6-12H2,1-5H3. The summed E-state index contributed by atoms with van der Waals surface area (Å²) in [5.74, 6) is 1.40. The van der Waals surface area contributed by atoms with Crippen molar-refractivity contribution in [2.45, 2.75) is 85.2 Å². The summed E-state index contributed by atoms with van der Waals surface area (Å²) in [6.45, 7) is 11.5. The highest BCUT2D eigenvalue weighted by Crippen LogP contribution is 2.41. The molecule has 1 N–H and O–H groups in total. The Balaban J connectivity index is 2.50. The van der Waals surface area contributed by atoms with E-state index >= 15 is 0 Å². The van der Waals surface area contributed by atoms with E-state index < -0.39 is 0 Å². The van der Waals surface area contributed by atoms with Gasteiger partial charge in [0.25, 0.3) is 0 Å². The van der Waals surface area contributed by atoms with Gasteiger partial charge in [0.15, 0.2) is 0 Å². The molecule has 0 aromatic carbocycles. The van der Waals surface area contributed by atoms with Gasteiger partial charge in [-0.25, -0.2) is 0 Å². The van der Waals surface area contributed by atoms with Gasteiger partial charge >= 0.3 is 0 Å². The SMILES string of the molecule is CC(C)CC(C)CC1(O)CCCC(C)(C)CC1. The molecule has 0 saturated heterocycles. The molecule has 0 aromatic rings. The quantitative estimate of drug-likeness (QED) is 0.701. The molecule has 1 heteroatoms. The van der Waals surface area contributed by atoms with Crippen LogP contribution < -0.4 is 0 Å². The van der Waals surface area contributed by atoms with Crippen LogP contribution in [0.15, 0.2) is 0 Å². The highest BCUT2D eigenvalue weighted by atomic mass is 16.3. The average Bonchev–Trinajstić information content (AvgIpc) is 2.24. The van der Waals surface area contributed by atoms with Crippen LogP contribution in [0.4, 0.5) is 0 Å². The number of rotatable bonds is 4. The minimum atomic E-state index is -0.373. The van der Waals surface area contributed by atoms with Gasteiger partial charge in [-0.15, -0.1) is 0 Å². The maximum atomic E-state index is 10.8. The second-order valence-corrected chi connectivity index (χ2v) is 7.68. The normalized spacial score (nSPS) is 31.2. The van der Waals surface area contributed by atoms with Gasteiger partial charge in [-0.2, -0.15) is 0 Å². The lowest BCUT2D eigenvalue weighted by molar-refractivity contribution is -0.00128. The van der Waals surface area contributed by atoms with E-state index in [-0.39, 0.29) is 5.60 Å². The molecule has 2 unspecified atom stereocenters. The van der Waals surface area contributed by atoms with Crippen LogP contribution in [-0.2, 0) is 0 Å². The van der Waals surface area contributed by atoms with E-state index in [0.29, 0.717) is 11.3 Å². The Labute approximate surface area is 108 Å². The molecule has 0 radical (unpaired) electrons. The van der Waals surface area contributed by atoms with Crippen LogP contribution in [0.2, 0.25) is 0 Å². The highest BCUT2D eigenvalue weighted by molar-refractivity contribution is 4.87. The molecular weight excluding hydrogens is 208 g/mol. The first-order valence-corrected chi connectivity index (χ1v) is 7.45. The van der Waals surface area contributed by atoms with E-state index in [1.54, 1.807) is 0 Å². The fraction of sp³-hybridized carbons (Fsp3) is 1.00. The summed E-state index contributed by atoms with van der Waals surface area (Å²) in [5, 5.41) is 10.8. The van der Waals surface area contributed by atoms with Crippen LogP contribution in [0.1, 0.15) is 79.6 Å². The van der Waals surface area contributed by atoms with Gasteiger partial charge < -0.3 is 5.11 Å². The number of aliphatic hydroxyl groups is 1. The molecule has 1 aliphatic rings. The lowest BCUT2D eigenvalue weighted by Gasteiger charge is -2.31. The third kappa shape index (κ3) is 5.42. The van der Waals surface area contributed by atoms with Crippen LogP contribution in [0, 0.1) is 17.3 Å². The molecule has 0 spiro atoms. The Morgan fingerprint density at radius 1 is 1.00 bits per heavy atom. The van der Waals surface area contributed by atoms with Crippen molar-refractivity contribution in [2.75, 3.05) is 0 Å². The third-order valence-electron chi connectivity index (χ3n) is 4.37. The predicted molar refractivity (Wildman–Crippen MR) is 75.1 cm³/mol. The van der Waals surface area contributed by atoms with Crippen LogP contribution >= 0.6 is 0 Å². The van der Waals surface area contributed by atoms with Crippen molar-refractivity contribution in [1.82, 2.24) is 0 Å². The molecule has 0 aromatic heterocycles. The van der Waals surface area contributed by atoms with Gasteiger partial charge in [0, 0.05) is 0 Å². The third-order valence-corrected chi connectivity index (χ3v) is 4.37. The Kier molecular flexibility index (Phi) is 5.07. The first kappa shape index (κ1) is 15.0. The summed E-state index contributed by atoms with van der Waals surface area (Å²) in [7, 11) is 0. The Morgan fingerprint density at radius 3 is 2.24 bits per heavy atom. The predicted octanol–water partition coefficient (Wildman–Crippen LogP) is 4.78. The van der Waals surface area contributed by atoms with E-state index in [4.69, 9.17) is 0 Å². The van der Waals surface area contributed by atoms with Crippen molar-refractivity contribution in [2.24, 2.45) is 17.3 Å². The van der Waals surface area contributed by atoms with E-state index in [9.17, 15) is 5.11 Å². The zero-order valence-corrected chi connectivity index (χ0v) is 12.6. The van der Waals surface area contributed by atoms with E-state index in [1.165, 1.54) is 25.7 Å². The molecule has 0 heterocycles. The maximum Gasteiger partial charge on any atom is 0.0650 e. The molecule has 0 aliphatic heterocycles. The van der Waals surface area contributed by atoms with Gasteiger partial charge in [-0.05, 0) is 55.8 Å². The van der Waals surface area contributed by atoms with Gasteiger partial charge in [0.2, 0.25) is 0 Å². The lowest BCUT2D eigenvalue weighted by Crippen LogP contribution is -2.31. The van der Waals surface area contributed by atoms with Crippen LogP contribution in [0.25, 0.3) is 0 Å². The fourth-order valence-electron chi connectivity index (χ4n) is 3.46. The molecule has 1 fully saturated rings. The van der Waals surface area contributed by atoms with Crippen molar-refractivity contribution < 1.29 is 5.11 Å². The first-order chi connectivity index (χ1) is 7.72. The Hall–Kier alpha value is -0.0400. The van der Waals surface area contributed by atoms with Crippen LogP contribution in [0.5, 0.6) is 0 Å². The average molecular weight is 240 g/mol. The van der Waals surface area contributed by atoms with Gasteiger partial charge in [0.05, 0.1) is 5.60 Å². The highest BCUT2D eigenvalue weighted by Gasteiger charge is 2.34. The Bertz CT molecular complexity index is 232. The number of hydrogen-bond acceptors (Lipinski definition) is 1. The Morgan fingerprint density at radius 2 is 1.65 bits per heavy atom. The molecule has 0 amide bonds. The van der Waals surface area contributed by atoms with Crippen molar-refractivity contribution in [3.05, 3.63) is 0 Å².